The molecule has 6 heteroatoms. The lowest BCUT2D eigenvalue weighted by molar-refractivity contribution is -0.114. The van der Waals surface area contributed by atoms with Crippen LogP contribution in [0.2, 0.25) is 0 Å². The number of carbonyl (C=O) groups is 2. The molecule has 0 aliphatic rings. The fourth-order valence-corrected chi connectivity index (χ4v) is 1.95. The first-order valence-electron chi connectivity index (χ1n) is 7.65. The summed E-state index contributed by atoms with van der Waals surface area (Å²) in [5.74, 6) is -1.13. The summed E-state index contributed by atoms with van der Waals surface area (Å²) in [6.45, 7) is 2.22. The van der Waals surface area contributed by atoms with E-state index < -0.39 is 11.8 Å². The van der Waals surface area contributed by atoms with Crippen molar-refractivity contribution in [2.24, 2.45) is 0 Å². The zero-order valence-electron chi connectivity index (χ0n) is 13.3. The van der Waals surface area contributed by atoms with E-state index in [1.54, 1.807) is 42.5 Å². The highest BCUT2D eigenvalue weighted by molar-refractivity contribution is 5.95. The van der Waals surface area contributed by atoms with Gasteiger partial charge in [-0.2, -0.15) is 0 Å². The maximum atomic E-state index is 13.4. The third kappa shape index (κ3) is 5.08. The molecule has 0 radical (unpaired) electrons. The van der Waals surface area contributed by atoms with Crippen LogP contribution in [0, 0.1) is 5.82 Å². The van der Waals surface area contributed by atoms with Crippen molar-refractivity contribution in [3.8, 4) is 0 Å². The van der Waals surface area contributed by atoms with Crippen LogP contribution in [0.3, 0.4) is 0 Å². The number of halogens is 1. The quantitative estimate of drug-likeness (QED) is 0.763. The van der Waals surface area contributed by atoms with Gasteiger partial charge in [0, 0.05) is 5.69 Å². The Hall–Kier alpha value is -2.89. The van der Waals surface area contributed by atoms with Crippen molar-refractivity contribution >= 4 is 23.3 Å². The second-order valence-corrected chi connectivity index (χ2v) is 5.09. The number of nitrogens with one attached hydrogen (secondary N) is 2. The molecule has 0 aromatic heterocycles. The van der Waals surface area contributed by atoms with Gasteiger partial charge in [-0.05, 0) is 42.8 Å². The van der Waals surface area contributed by atoms with Gasteiger partial charge in [0.05, 0.1) is 24.4 Å². The monoisotopic (exact) mass is 330 g/mol. The Morgan fingerprint density at radius 1 is 1.08 bits per heavy atom. The van der Waals surface area contributed by atoms with E-state index in [2.05, 4.69) is 10.6 Å². The second kappa shape index (κ2) is 8.67. The number of anilines is 2. The lowest BCUT2D eigenvalue weighted by Crippen LogP contribution is -2.22. The third-order valence-electron chi connectivity index (χ3n) is 3.15. The number of benzene rings is 2. The lowest BCUT2D eigenvalue weighted by atomic mass is 10.2. The molecule has 2 N–H and O–H groups in total. The number of para-hydroxylation sites is 1. The summed E-state index contributed by atoms with van der Waals surface area (Å²) in [5.41, 5.74) is 1.23. The molecule has 0 fully saturated rings. The number of amides is 1. The first-order valence-corrected chi connectivity index (χ1v) is 7.65. The molecule has 0 atom stereocenters. The first-order chi connectivity index (χ1) is 11.6. The fourth-order valence-electron chi connectivity index (χ4n) is 1.95. The number of hydrogen-bond acceptors (Lipinski definition) is 4. The molecule has 0 unspecified atom stereocenters. The minimum atomic E-state index is -0.416. The minimum absolute atomic E-state index is 0.0682. The van der Waals surface area contributed by atoms with Crippen molar-refractivity contribution in [2.75, 3.05) is 23.8 Å². The van der Waals surface area contributed by atoms with Crippen LogP contribution in [-0.2, 0) is 9.53 Å². The molecule has 24 heavy (non-hydrogen) atoms. The van der Waals surface area contributed by atoms with Gasteiger partial charge in [-0.1, -0.05) is 19.1 Å². The van der Waals surface area contributed by atoms with Crippen molar-refractivity contribution in [3.05, 3.63) is 59.9 Å². The maximum absolute atomic E-state index is 13.4. The molecule has 1 amide bonds. The van der Waals surface area contributed by atoms with Crippen molar-refractivity contribution in [3.63, 3.8) is 0 Å². The van der Waals surface area contributed by atoms with Gasteiger partial charge >= 0.3 is 5.97 Å². The largest absolute Gasteiger partial charge is 0.462 e. The number of hydrogen-bond donors (Lipinski definition) is 2. The molecule has 0 spiro atoms. The first kappa shape index (κ1) is 17.5. The van der Waals surface area contributed by atoms with Crippen molar-refractivity contribution in [1.82, 2.24) is 0 Å². The van der Waals surface area contributed by atoms with Crippen LogP contribution in [0.1, 0.15) is 23.7 Å². The number of rotatable bonds is 7. The molecule has 2 aromatic rings. The Labute approximate surface area is 139 Å². The minimum Gasteiger partial charge on any atom is -0.462 e. The SMILES string of the molecule is CCCOC(=O)c1ccc(NC(=O)CNc2ccccc2F)cc1. The summed E-state index contributed by atoms with van der Waals surface area (Å²) in [5, 5.41) is 5.39. The van der Waals surface area contributed by atoms with Crippen molar-refractivity contribution in [1.29, 1.82) is 0 Å². The Kier molecular flexibility index (Phi) is 6.31. The Morgan fingerprint density at radius 3 is 2.46 bits per heavy atom. The molecule has 0 aliphatic carbocycles. The van der Waals surface area contributed by atoms with E-state index in [1.807, 2.05) is 6.92 Å². The van der Waals surface area contributed by atoms with Crippen LogP contribution in [0.4, 0.5) is 15.8 Å². The maximum Gasteiger partial charge on any atom is 0.338 e. The molecule has 5 nitrogen and oxygen atoms in total. The molecule has 0 aliphatic heterocycles. The van der Waals surface area contributed by atoms with E-state index in [0.29, 0.717) is 17.9 Å². The molecule has 0 saturated carbocycles. The van der Waals surface area contributed by atoms with Crippen molar-refractivity contribution < 1.29 is 18.7 Å². The van der Waals surface area contributed by atoms with Crippen LogP contribution in [0.15, 0.2) is 48.5 Å². The molecular formula is C18H19FN2O3. The summed E-state index contributed by atoms with van der Waals surface area (Å²) in [7, 11) is 0. The van der Waals surface area contributed by atoms with Crippen molar-refractivity contribution in [2.45, 2.75) is 13.3 Å². The zero-order chi connectivity index (χ0) is 17.4. The standard InChI is InChI=1S/C18H19FN2O3/c1-2-11-24-18(23)13-7-9-14(10-8-13)21-17(22)12-20-16-6-4-3-5-15(16)19/h3-10,20H,2,11-12H2,1H3,(H,21,22). The van der Waals surface area contributed by atoms with E-state index in [0.717, 1.165) is 6.42 Å². The van der Waals surface area contributed by atoms with E-state index in [-0.39, 0.29) is 18.1 Å². The van der Waals surface area contributed by atoms with Gasteiger partial charge in [-0.15, -0.1) is 0 Å². The highest BCUT2D eigenvalue weighted by atomic mass is 19.1. The molecule has 0 heterocycles. The molecule has 2 aromatic carbocycles. The van der Waals surface area contributed by atoms with Gasteiger partial charge in [0.1, 0.15) is 5.82 Å². The van der Waals surface area contributed by atoms with E-state index in [1.165, 1.54) is 6.07 Å². The van der Waals surface area contributed by atoms with Gasteiger partial charge in [0.15, 0.2) is 0 Å². The summed E-state index contributed by atoms with van der Waals surface area (Å²) < 4.78 is 18.5. The smallest absolute Gasteiger partial charge is 0.338 e. The van der Waals surface area contributed by atoms with Gasteiger partial charge < -0.3 is 15.4 Å². The molecule has 0 saturated heterocycles. The van der Waals surface area contributed by atoms with Crippen LogP contribution in [0.5, 0.6) is 0 Å². The Bertz CT molecular complexity index is 702. The number of carbonyl (C=O) groups excluding carboxylic acids is 2. The van der Waals surface area contributed by atoms with Gasteiger partial charge in [-0.3, -0.25) is 4.79 Å². The van der Waals surface area contributed by atoms with E-state index >= 15 is 0 Å². The topological polar surface area (TPSA) is 67.4 Å². The average molecular weight is 330 g/mol. The summed E-state index contributed by atoms with van der Waals surface area (Å²) >= 11 is 0. The molecular weight excluding hydrogens is 311 g/mol. The highest BCUT2D eigenvalue weighted by Gasteiger charge is 2.08. The average Bonchev–Trinajstić information content (AvgIpc) is 2.59. The van der Waals surface area contributed by atoms with Crippen LogP contribution < -0.4 is 10.6 Å². The highest BCUT2D eigenvalue weighted by Crippen LogP contribution is 2.13. The zero-order valence-corrected chi connectivity index (χ0v) is 13.3. The summed E-state index contributed by atoms with van der Waals surface area (Å²) in [4.78, 5) is 23.5. The van der Waals surface area contributed by atoms with Crippen LogP contribution in [-0.4, -0.2) is 25.0 Å². The fraction of sp³-hybridized carbons (Fsp3) is 0.222. The molecule has 0 bridgehead atoms. The van der Waals surface area contributed by atoms with Crippen LogP contribution >= 0.6 is 0 Å². The van der Waals surface area contributed by atoms with E-state index in [4.69, 9.17) is 4.74 Å². The lowest BCUT2D eigenvalue weighted by Gasteiger charge is -2.09. The number of esters is 1. The second-order valence-electron chi connectivity index (χ2n) is 5.09. The summed E-state index contributed by atoms with van der Waals surface area (Å²) in [6, 6.07) is 12.5. The van der Waals surface area contributed by atoms with Gasteiger partial charge in [0.2, 0.25) is 5.91 Å². The Balaban J connectivity index is 1.85. The van der Waals surface area contributed by atoms with Gasteiger partial charge in [-0.25, -0.2) is 9.18 Å². The number of ether oxygens (including phenoxy) is 1. The Morgan fingerprint density at radius 2 is 1.79 bits per heavy atom. The van der Waals surface area contributed by atoms with Crippen LogP contribution in [0.25, 0.3) is 0 Å². The predicted octanol–water partition coefficient (Wildman–Crippen LogP) is 3.44. The normalized spacial score (nSPS) is 10.1. The van der Waals surface area contributed by atoms with Gasteiger partial charge in [0.25, 0.3) is 0 Å². The molecule has 126 valence electrons. The summed E-state index contributed by atoms with van der Waals surface area (Å²) in [6.07, 6.45) is 0.759. The predicted molar refractivity (Wildman–Crippen MR) is 90.5 cm³/mol. The molecule has 2 rings (SSSR count). The van der Waals surface area contributed by atoms with E-state index in [9.17, 15) is 14.0 Å². The third-order valence-corrected chi connectivity index (χ3v) is 3.15.